The molecule has 0 aliphatic carbocycles. The zero-order chi connectivity index (χ0) is 12.7. The van der Waals surface area contributed by atoms with Gasteiger partial charge in [0.05, 0.1) is 13.2 Å². The van der Waals surface area contributed by atoms with Gasteiger partial charge in [-0.2, -0.15) is 12.6 Å². The summed E-state index contributed by atoms with van der Waals surface area (Å²) >= 11 is 5.89. The summed E-state index contributed by atoms with van der Waals surface area (Å²) in [5.74, 6) is 0.873. The van der Waals surface area contributed by atoms with Crippen molar-refractivity contribution < 1.29 is 9.53 Å². The van der Waals surface area contributed by atoms with Crippen LogP contribution in [-0.2, 0) is 9.53 Å². The van der Waals surface area contributed by atoms with Crippen molar-refractivity contribution in [2.45, 2.75) is 31.4 Å². The van der Waals surface area contributed by atoms with E-state index in [0.29, 0.717) is 11.5 Å². The second-order valence-corrected chi connectivity index (χ2v) is 7.35. The predicted octanol–water partition coefficient (Wildman–Crippen LogP) is 2.07. The Bertz CT molecular complexity index is 235. The van der Waals surface area contributed by atoms with Crippen molar-refractivity contribution in [2.75, 3.05) is 38.6 Å². The highest BCUT2D eigenvalue weighted by Crippen LogP contribution is 2.20. The van der Waals surface area contributed by atoms with Gasteiger partial charge in [0.25, 0.3) is 0 Å². The number of morpholine rings is 1. The molecule has 0 aromatic heterocycles. The zero-order valence-corrected chi connectivity index (χ0v) is 12.5. The first-order valence-electron chi connectivity index (χ1n) is 6.15. The Morgan fingerprint density at radius 3 is 2.65 bits per heavy atom. The lowest BCUT2D eigenvalue weighted by molar-refractivity contribution is -0.111. The van der Waals surface area contributed by atoms with Gasteiger partial charge in [-0.3, -0.25) is 9.69 Å². The van der Waals surface area contributed by atoms with Crippen LogP contribution in [-0.4, -0.2) is 53.4 Å². The zero-order valence-electron chi connectivity index (χ0n) is 10.8. The number of carbonyl (C=O) groups is 1. The van der Waals surface area contributed by atoms with E-state index in [2.05, 4.69) is 31.4 Å². The molecule has 1 saturated heterocycles. The monoisotopic (exact) mass is 277 g/mol. The highest BCUT2D eigenvalue weighted by atomic mass is 32.2. The summed E-state index contributed by atoms with van der Waals surface area (Å²) in [7, 11) is 0. The number of thioether (sulfide) groups is 1. The van der Waals surface area contributed by atoms with Crippen LogP contribution in [0, 0.1) is 0 Å². The Balaban J connectivity index is 2.04. The number of ether oxygens (including phenoxy) is 1. The fourth-order valence-electron chi connectivity index (χ4n) is 1.56. The van der Waals surface area contributed by atoms with Gasteiger partial charge < -0.3 is 4.74 Å². The van der Waals surface area contributed by atoms with Crippen LogP contribution < -0.4 is 0 Å². The highest BCUT2D eigenvalue weighted by molar-refractivity contribution is 8.13. The molecule has 1 aliphatic rings. The van der Waals surface area contributed by atoms with Crippen LogP contribution in [0.15, 0.2) is 0 Å². The van der Waals surface area contributed by atoms with Gasteiger partial charge in [0.1, 0.15) is 0 Å². The molecule has 0 aromatic rings. The minimum atomic E-state index is 0.0253. The van der Waals surface area contributed by atoms with Crippen molar-refractivity contribution in [2.24, 2.45) is 0 Å². The van der Waals surface area contributed by atoms with E-state index in [1.165, 1.54) is 11.8 Å². The molecule has 0 amide bonds. The molecule has 0 spiro atoms. The van der Waals surface area contributed by atoms with Gasteiger partial charge in [-0.1, -0.05) is 25.6 Å². The fourth-order valence-corrected chi connectivity index (χ4v) is 2.90. The van der Waals surface area contributed by atoms with Gasteiger partial charge in [-0.25, -0.2) is 0 Å². The molecule has 1 fully saturated rings. The summed E-state index contributed by atoms with van der Waals surface area (Å²) in [6.45, 7) is 8.55. The summed E-state index contributed by atoms with van der Waals surface area (Å²) in [5, 5.41) is 0.300. The molecule has 0 unspecified atom stereocenters. The maximum Gasteiger partial charge on any atom is 0.190 e. The lowest BCUT2D eigenvalue weighted by Gasteiger charge is -2.26. The van der Waals surface area contributed by atoms with Crippen LogP contribution in [0.5, 0.6) is 0 Å². The topological polar surface area (TPSA) is 29.5 Å². The van der Waals surface area contributed by atoms with E-state index in [9.17, 15) is 4.79 Å². The third-order valence-corrected chi connectivity index (χ3v) is 3.87. The minimum Gasteiger partial charge on any atom is -0.379 e. The van der Waals surface area contributed by atoms with E-state index in [-0.39, 0.29) is 4.75 Å². The van der Waals surface area contributed by atoms with E-state index in [0.717, 1.165) is 45.0 Å². The average Bonchev–Trinajstić information content (AvgIpc) is 2.26. The van der Waals surface area contributed by atoms with Crippen LogP contribution in [0.2, 0.25) is 0 Å². The van der Waals surface area contributed by atoms with Gasteiger partial charge in [0, 0.05) is 36.6 Å². The lowest BCUT2D eigenvalue weighted by atomic mass is 10.1. The SMILES string of the molecule is CC(C)(S)CCSC(=O)CCN1CCOCC1. The first-order valence-corrected chi connectivity index (χ1v) is 7.59. The van der Waals surface area contributed by atoms with Gasteiger partial charge in [0.15, 0.2) is 5.12 Å². The van der Waals surface area contributed by atoms with Crippen molar-refractivity contribution in [3.63, 3.8) is 0 Å². The van der Waals surface area contributed by atoms with Gasteiger partial charge >= 0.3 is 0 Å². The van der Waals surface area contributed by atoms with E-state index >= 15 is 0 Å². The van der Waals surface area contributed by atoms with Gasteiger partial charge in [-0.05, 0) is 6.42 Å². The van der Waals surface area contributed by atoms with E-state index in [1.54, 1.807) is 0 Å². The molecule has 0 atom stereocenters. The molecular formula is C12H23NO2S2. The van der Waals surface area contributed by atoms with Gasteiger partial charge in [-0.15, -0.1) is 0 Å². The molecule has 3 nitrogen and oxygen atoms in total. The number of rotatable bonds is 6. The molecule has 0 radical (unpaired) electrons. The molecule has 0 saturated carbocycles. The van der Waals surface area contributed by atoms with Crippen LogP contribution in [0.1, 0.15) is 26.7 Å². The second kappa shape index (κ2) is 7.67. The first-order chi connectivity index (χ1) is 7.97. The maximum atomic E-state index is 11.7. The number of nitrogens with zero attached hydrogens (tertiary/aromatic N) is 1. The molecule has 0 aromatic carbocycles. The minimum absolute atomic E-state index is 0.0253. The smallest absolute Gasteiger partial charge is 0.190 e. The van der Waals surface area contributed by atoms with Crippen molar-refractivity contribution in [1.82, 2.24) is 4.90 Å². The molecule has 1 aliphatic heterocycles. The van der Waals surface area contributed by atoms with Crippen molar-refractivity contribution in [3.8, 4) is 0 Å². The van der Waals surface area contributed by atoms with Crippen LogP contribution in [0.4, 0.5) is 0 Å². The quantitative estimate of drug-likeness (QED) is 0.753. The molecule has 17 heavy (non-hydrogen) atoms. The molecular weight excluding hydrogens is 254 g/mol. The maximum absolute atomic E-state index is 11.7. The Morgan fingerprint density at radius 2 is 2.06 bits per heavy atom. The fraction of sp³-hybridized carbons (Fsp3) is 0.917. The Hall–Kier alpha value is 0.290. The number of carbonyl (C=O) groups excluding carboxylic acids is 1. The Kier molecular flexibility index (Phi) is 6.92. The van der Waals surface area contributed by atoms with Gasteiger partial charge in [0.2, 0.25) is 0 Å². The highest BCUT2D eigenvalue weighted by Gasteiger charge is 2.14. The van der Waals surface area contributed by atoms with Crippen molar-refractivity contribution in [1.29, 1.82) is 0 Å². The number of hydrogen-bond acceptors (Lipinski definition) is 5. The summed E-state index contributed by atoms with van der Waals surface area (Å²) in [6, 6.07) is 0. The Morgan fingerprint density at radius 1 is 1.41 bits per heavy atom. The summed E-state index contributed by atoms with van der Waals surface area (Å²) in [6.07, 6.45) is 1.61. The van der Waals surface area contributed by atoms with Crippen molar-refractivity contribution >= 4 is 29.5 Å². The molecule has 100 valence electrons. The third-order valence-electron chi connectivity index (χ3n) is 2.71. The van der Waals surface area contributed by atoms with E-state index < -0.39 is 0 Å². The number of thiol groups is 1. The standard InChI is InChI=1S/C12H23NO2S2/c1-12(2,16)4-10-17-11(14)3-5-13-6-8-15-9-7-13/h16H,3-10H2,1-2H3. The largest absolute Gasteiger partial charge is 0.379 e. The molecule has 0 N–H and O–H groups in total. The molecule has 5 heteroatoms. The molecule has 1 rings (SSSR count). The molecule has 1 heterocycles. The molecule has 0 bridgehead atoms. The van der Waals surface area contributed by atoms with E-state index in [1.807, 2.05) is 0 Å². The number of hydrogen-bond donors (Lipinski definition) is 1. The van der Waals surface area contributed by atoms with Crippen LogP contribution in [0.25, 0.3) is 0 Å². The normalized spacial score (nSPS) is 18.3. The summed E-state index contributed by atoms with van der Waals surface area (Å²) in [5.41, 5.74) is 0. The summed E-state index contributed by atoms with van der Waals surface area (Å²) < 4.78 is 5.29. The van der Waals surface area contributed by atoms with Crippen LogP contribution >= 0.6 is 24.4 Å². The Labute approximate surface area is 114 Å². The first kappa shape index (κ1) is 15.3. The van der Waals surface area contributed by atoms with Crippen molar-refractivity contribution in [3.05, 3.63) is 0 Å². The summed E-state index contributed by atoms with van der Waals surface area (Å²) in [4.78, 5) is 13.9. The van der Waals surface area contributed by atoms with E-state index in [4.69, 9.17) is 4.74 Å². The average molecular weight is 277 g/mol. The van der Waals surface area contributed by atoms with Crippen LogP contribution in [0.3, 0.4) is 0 Å². The lowest BCUT2D eigenvalue weighted by Crippen LogP contribution is -2.37. The second-order valence-electron chi connectivity index (χ2n) is 4.99. The predicted molar refractivity (Wildman–Crippen MR) is 77.0 cm³/mol. The third kappa shape index (κ3) is 8.08.